The lowest BCUT2D eigenvalue weighted by Gasteiger charge is -2.06. The number of rotatable bonds is 8. The largest absolute Gasteiger partial charge is 0.481 e. The topological polar surface area (TPSA) is 104 Å². The Morgan fingerprint density at radius 2 is 1.95 bits per heavy atom. The van der Waals surface area contributed by atoms with E-state index in [2.05, 4.69) is 10.3 Å². The van der Waals surface area contributed by atoms with E-state index >= 15 is 0 Å². The molecule has 0 saturated carbocycles. The van der Waals surface area contributed by atoms with Crippen molar-refractivity contribution in [3.8, 4) is 0 Å². The van der Waals surface area contributed by atoms with Crippen LogP contribution in [0.3, 0.4) is 0 Å². The number of hydrogen-bond donors (Lipinski definition) is 3. The number of para-hydroxylation sites is 2. The van der Waals surface area contributed by atoms with Crippen molar-refractivity contribution in [1.29, 1.82) is 0 Å². The number of nitrogens with one attached hydrogen (secondary N) is 2. The summed E-state index contributed by atoms with van der Waals surface area (Å²) >= 11 is 0. The molecule has 1 amide bonds. The predicted octanol–water partition coefficient (Wildman–Crippen LogP) is 1.09. The smallest absolute Gasteiger partial charge is 0.326 e. The third kappa shape index (κ3) is 4.21. The number of carbonyl (C=O) groups is 2. The molecule has 0 saturated heterocycles. The molecule has 0 bridgehead atoms. The van der Waals surface area contributed by atoms with Gasteiger partial charge in [-0.1, -0.05) is 18.6 Å². The Labute approximate surface area is 127 Å². The van der Waals surface area contributed by atoms with Crippen LogP contribution in [0.2, 0.25) is 0 Å². The lowest BCUT2D eigenvalue weighted by atomic mass is 10.2. The zero-order valence-corrected chi connectivity index (χ0v) is 12.2. The molecule has 2 aromatic rings. The Kier molecular flexibility index (Phi) is 5.35. The van der Waals surface area contributed by atoms with Gasteiger partial charge in [0.25, 0.3) is 0 Å². The van der Waals surface area contributed by atoms with Crippen molar-refractivity contribution in [2.75, 3.05) is 6.54 Å². The van der Waals surface area contributed by atoms with E-state index in [1.165, 1.54) is 4.57 Å². The molecule has 0 aliphatic rings. The highest BCUT2D eigenvalue weighted by molar-refractivity contribution is 5.80. The van der Waals surface area contributed by atoms with Crippen molar-refractivity contribution in [3.05, 3.63) is 34.7 Å². The van der Waals surface area contributed by atoms with E-state index in [9.17, 15) is 14.4 Å². The Morgan fingerprint density at radius 3 is 2.73 bits per heavy atom. The van der Waals surface area contributed by atoms with E-state index in [1.807, 2.05) is 12.1 Å². The molecule has 1 heterocycles. The molecule has 118 valence electrons. The fourth-order valence-corrected chi connectivity index (χ4v) is 2.27. The Balaban J connectivity index is 1.80. The molecule has 7 nitrogen and oxygen atoms in total. The van der Waals surface area contributed by atoms with Gasteiger partial charge in [0.15, 0.2) is 0 Å². The van der Waals surface area contributed by atoms with E-state index in [1.54, 1.807) is 12.1 Å². The van der Waals surface area contributed by atoms with Gasteiger partial charge in [0, 0.05) is 13.0 Å². The number of nitrogens with zero attached hydrogens (tertiary/aromatic N) is 1. The number of aromatic amines is 1. The fourth-order valence-electron chi connectivity index (χ4n) is 2.27. The second-order valence-corrected chi connectivity index (χ2v) is 5.09. The molecule has 1 aromatic carbocycles. The van der Waals surface area contributed by atoms with Crippen molar-refractivity contribution < 1.29 is 14.7 Å². The molecule has 22 heavy (non-hydrogen) atoms. The van der Waals surface area contributed by atoms with Crippen LogP contribution >= 0.6 is 0 Å². The van der Waals surface area contributed by atoms with Crippen LogP contribution < -0.4 is 11.0 Å². The lowest BCUT2D eigenvalue weighted by molar-refractivity contribution is -0.137. The number of fused-ring (bicyclic) bond motifs is 1. The molecule has 0 unspecified atom stereocenters. The molecular formula is C15H19N3O4. The monoisotopic (exact) mass is 305 g/mol. The van der Waals surface area contributed by atoms with Crippen LogP contribution in [0.15, 0.2) is 29.1 Å². The van der Waals surface area contributed by atoms with Crippen molar-refractivity contribution >= 4 is 22.9 Å². The van der Waals surface area contributed by atoms with Crippen LogP contribution in [0.5, 0.6) is 0 Å². The van der Waals surface area contributed by atoms with Gasteiger partial charge in [-0.3, -0.25) is 14.2 Å². The summed E-state index contributed by atoms with van der Waals surface area (Å²) in [6.45, 7) is 0.452. The third-order valence-corrected chi connectivity index (χ3v) is 3.37. The molecule has 7 heteroatoms. The van der Waals surface area contributed by atoms with Crippen LogP contribution in [-0.4, -0.2) is 33.1 Å². The van der Waals surface area contributed by atoms with Gasteiger partial charge in [-0.05, 0) is 25.0 Å². The number of amides is 1. The number of benzene rings is 1. The van der Waals surface area contributed by atoms with E-state index in [0.29, 0.717) is 24.0 Å². The number of carboxylic acid groups (broad SMARTS) is 1. The summed E-state index contributed by atoms with van der Waals surface area (Å²) in [6.07, 6.45) is 2.23. The normalized spacial score (nSPS) is 10.7. The predicted molar refractivity (Wildman–Crippen MR) is 81.7 cm³/mol. The Hall–Kier alpha value is -2.57. The minimum atomic E-state index is -0.803. The van der Waals surface area contributed by atoms with Crippen molar-refractivity contribution in [2.45, 2.75) is 32.2 Å². The van der Waals surface area contributed by atoms with E-state index in [-0.39, 0.29) is 24.6 Å². The quantitative estimate of drug-likeness (QED) is 0.635. The van der Waals surface area contributed by atoms with Gasteiger partial charge in [0.05, 0.1) is 11.0 Å². The second-order valence-electron chi connectivity index (χ2n) is 5.09. The first-order valence-corrected chi connectivity index (χ1v) is 7.24. The maximum absolute atomic E-state index is 11.9. The first kappa shape index (κ1) is 15.8. The number of unbranched alkanes of at least 4 members (excludes halogenated alkanes) is 2. The number of imidazole rings is 1. The molecule has 0 atom stereocenters. The van der Waals surface area contributed by atoms with Crippen molar-refractivity contribution in [3.63, 3.8) is 0 Å². The molecule has 0 aliphatic heterocycles. The summed E-state index contributed by atoms with van der Waals surface area (Å²) in [4.78, 5) is 36.7. The van der Waals surface area contributed by atoms with Crippen molar-refractivity contribution in [2.24, 2.45) is 0 Å². The van der Waals surface area contributed by atoms with E-state index < -0.39 is 5.97 Å². The van der Waals surface area contributed by atoms with Gasteiger partial charge in [-0.2, -0.15) is 0 Å². The summed E-state index contributed by atoms with van der Waals surface area (Å²) in [5.74, 6) is -1.03. The van der Waals surface area contributed by atoms with E-state index in [0.717, 1.165) is 12.8 Å². The minimum absolute atomic E-state index is 0.0298. The van der Waals surface area contributed by atoms with Crippen LogP contribution in [0.1, 0.15) is 25.7 Å². The summed E-state index contributed by atoms with van der Waals surface area (Å²) in [5.41, 5.74) is 1.09. The van der Waals surface area contributed by atoms with Crippen molar-refractivity contribution in [1.82, 2.24) is 14.9 Å². The fraction of sp³-hybridized carbons (Fsp3) is 0.400. The molecule has 0 aliphatic carbocycles. The molecule has 3 N–H and O–H groups in total. The number of H-pyrrole nitrogens is 1. The molecule has 1 aromatic heterocycles. The average molecular weight is 305 g/mol. The molecular weight excluding hydrogens is 286 g/mol. The standard InChI is InChI=1S/C15H19N3O4/c19-13(16-9-5-1-2-8-14(20)21)10-18-12-7-4-3-6-11(12)17-15(18)22/h3-4,6-7H,1-2,5,8-10H2,(H,16,19)(H,17,22)(H,20,21). The number of aliphatic carboxylic acids is 1. The third-order valence-electron chi connectivity index (χ3n) is 3.37. The summed E-state index contributed by atoms with van der Waals surface area (Å²) in [7, 11) is 0. The second kappa shape index (κ2) is 7.44. The van der Waals surface area contributed by atoms with Gasteiger partial charge in [0.1, 0.15) is 6.54 Å². The Bertz CT molecular complexity index is 717. The highest BCUT2D eigenvalue weighted by Gasteiger charge is 2.09. The first-order valence-electron chi connectivity index (χ1n) is 7.24. The number of carboxylic acids is 1. The highest BCUT2D eigenvalue weighted by atomic mass is 16.4. The maximum atomic E-state index is 11.9. The highest BCUT2D eigenvalue weighted by Crippen LogP contribution is 2.08. The number of carbonyl (C=O) groups excluding carboxylic acids is 1. The van der Waals surface area contributed by atoms with E-state index in [4.69, 9.17) is 5.11 Å². The molecule has 0 spiro atoms. The number of aromatic nitrogens is 2. The first-order chi connectivity index (χ1) is 10.6. The van der Waals surface area contributed by atoms with Gasteiger partial charge in [-0.25, -0.2) is 4.79 Å². The van der Waals surface area contributed by atoms with Gasteiger partial charge in [-0.15, -0.1) is 0 Å². The average Bonchev–Trinajstić information content (AvgIpc) is 2.79. The summed E-state index contributed by atoms with van der Waals surface area (Å²) in [6, 6.07) is 7.20. The van der Waals surface area contributed by atoms with Crippen LogP contribution in [0.25, 0.3) is 11.0 Å². The van der Waals surface area contributed by atoms with Crippen LogP contribution in [0.4, 0.5) is 0 Å². The molecule has 0 radical (unpaired) electrons. The molecule has 0 fully saturated rings. The Morgan fingerprint density at radius 1 is 1.18 bits per heavy atom. The zero-order valence-electron chi connectivity index (χ0n) is 12.2. The van der Waals surface area contributed by atoms with Crippen LogP contribution in [0, 0.1) is 0 Å². The summed E-state index contributed by atoms with van der Waals surface area (Å²) in [5, 5.41) is 11.3. The minimum Gasteiger partial charge on any atom is -0.481 e. The zero-order chi connectivity index (χ0) is 15.9. The lowest BCUT2D eigenvalue weighted by Crippen LogP contribution is -2.31. The number of hydrogen-bond acceptors (Lipinski definition) is 3. The summed E-state index contributed by atoms with van der Waals surface area (Å²) < 4.78 is 1.40. The van der Waals surface area contributed by atoms with Gasteiger partial charge >= 0.3 is 11.7 Å². The van der Waals surface area contributed by atoms with Gasteiger partial charge < -0.3 is 15.4 Å². The maximum Gasteiger partial charge on any atom is 0.326 e. The van der Waals surface area contributed by atoms with Gasteiger partial charge in [0.2, 0.25) is 5.91 Å². The molecule has 2 rings (SSSR count). The SMILES string of the molecule is O=C(O)CCCCCNC(=O)Cn1c(=O)[nH]c2ccccc21. The van der Waals surface area contributed by atoms with Crippen LogP contribution in [-0.2, 0) is 16.1 Å².